The molecule has 0 spiro atoms. The van der Waals surface area contributed by atoms with Crippen LogP contribution in [0.5, 0.6) is 0 Å². The minimum atomic E-state index is 0.109. The Bertz CT molecular complexity index is 968. The number of pyridine rings is 1. The van der Waals surface area contributed by atoms with E-state index < -0.39 is 0 Å². The van der Waals surface area contributed by atoms with E-state index in [9.17, 15) is 4.79 Å². The summed E-state index contributed by atoms with van der Waals surface area (Å²) in [5, 5.41) is 7.46. The van der Waals surface area contributed by atoms with E-state index in [1.807, 2.05) is 37.6 Å². The molecule has 0 aliphatic heterocycles. The first kappa shape index (κ1) is 18.2. The molecule has 0 N–H and O–H groups in total. The van der Waals surface area contributed by atoms with Gasteiger partial charge in [-0.25, -0.2) is 4.98 Å². The molecule has 1 fully saturated rings. The van der Waals surface area contributed by atoms with Crippen molar-refractivity contribution in [2.45, 2.75) is 58.5 Å². The van der Waals surface area contributed by atoms with Gasteiger partial charge < -0.3 is 4.90 Å². The fraction of sp³-hybridized carbons (Fsp3) is 0.476. The fourth-order valence-electron chi connectivity index (χ4n) is 4.31. The first-order valence-corrected chi connectivity index (χ1v) is 10.6. The molecule has 1 amide bonds. The number of aromatic nitrogens is 3. The number of fused-ring (bicyclic) bond motifs is 1. The van der Waals surface area contributed by atoms with Gasteiger partial charge in [-0.15, -0.1) is 11.3 Å². The number of carbonyl (C=O) groups excluding carboxylic acids is 1. The van der Waals surface area contributed by atoms with Crippen LogP contribution in [0.4, 0.5) is 0 Å². The van der Waals surface area contributed by atoms with Crippen molar-refractivity contribution in [3.8, 4) is 10.6 Å². The minimum Gasteiger partial charge on any atom is -0.333 e. The molecular weight excluding hydrogens is 356 g/mol. The summed E-state index contributed by atoms with van der Waals surface area (Å²) in [5.41, 5.74) is 3.21. The monoisotopic (exact) mass is 382 g/mol. The van der Waals surface area contributed by atoms with Crippen molar-refractivity contribution < 1.29 is 4.79 Å². The molecule has 1 saturated carbocycles. The number of rotatable bonds is 4. The van der Waals surface area contributed by atoms with Gasteiger partial charge in [0.25, 0.3) is 5.91 Å². The summed E-state index contributed by atoms with van der Waals surface area (Å²) < 4.78 is 1.79. The predicted octanol–water partition coefficient (Wildman–Crippen LogP) is 4.80. The lowest BCUT2D eigenvalue weighted by molar-refractivity contribution is 0.0615. The summed E-state index contributed by atoms with van der Waals surface area (Å²) in [6.07, 6.45) is 4.61. The van der Waals surface area contributed by atoms with Crippen LogP contribution < -0.4 is 0 Å². The van der Waals surface area contributed by atoms with Crippen LogP contribution >= 0.6 is 11.3 Å². The Kier molecular flexibility index (Phi) is 4.76. The van der Waals surface area contributed by atoms with Crippen molar-refractivity contribution in [3.63, 3.8) is 0 Å². The Morgan fingerprint density at radius 3 is 2.70 bits per heavy atom. The molecule has 0 atom stereocenters. The zero-order valence-electron chi connectivity index (χ0n) is 16.4. The third kappa shape index (κ3) is 3.16. The molecule has 0 bridgehead atoms. The van der Waals surface area contributed by atoms with E-state index >= 15 is 0 Å². The second-order valence-electron chi connectivity index (χ2n) is 7.68. The van der Waals surface area contributed by atoms with Gasteiger partial charge >= 0.3 is 0 Å². The van der Waals surface area contributed by atoms with E-state index in [2.05, 4.69) is 23.8 Å². The summed E-state index contributed by atoms with van der Waals surface area (Å²) in [6, 6.07) is 6.54. The number of amides is 1. The summed E-state index contributed by atoms with van der Waals surface area (Å²) in [7, 11) is 1.89. The third-order valence-corrected chi connectivity index (χ3v) is 6.37. The molecule has 3 heterocycles. The molecule has 0 saturated heterocycles. The van der Waals surface area contributed by atoms with Gasteiger partial charge in [0.2, 0.25) is 0 Å². The Morgan fingerprint density at radius 1 is 1.33 bits per heavy atom. The topological polar surface area (TPSA) is 51.0 Å². The lowest BCUT2D eigenvalue weighted by Crippen LogP contribution is -2.43. The van der Waals surface area contributed by atoms with Crippen LogP contribution in [0.1, 0.15) is 55.6 Å². The Morgan fingerprint density at radius 2 is 2.07 bits per heavy atom. The number of nitrogens with zero attached hydrogens (tertiary/aromatic N) is 4. The standard InChI is InChI=1S/C21H26N4OS/c1-13(2)25(15-8-5-6-9-15)21(26)16-12-17(18-10-7-11-27-18)22-20-19(16)14(3)23-24(20)4/h7,10-13,15H,5-6,8-9H2,1-4H3. The molecule has 5 nitrogen and oxygen atoms in total. The first-order valence-electron chi connectivity index (χ1n) is 9.68. The third-order valence-electron chi connectivity index (χ3n) is 5.48. The van der Waals surface area contributed by atoms with E-state index in [0.717, 1.165) is 45.7 Å². The molecule has 27 heavy (non-hydrogen) atoms. The van der Waals surface area contributed by atoms with E-state index in [1.54, 1.807) is 16.0 Å². The molecular formula is C21H26N4OS. The van der Waals surface area contributed by atoms with E-state index in [0.29, 0.717) is 6.04 Å². The molecule has 6 heteroatoms. The van der Waals surface area contributed by atoms with Crippen molar-refractivity contribution in [1.82, 2.24) is 19.7 Å². The van der Waals surface area contributed by atoms with Crippen molar-refractivity contribution in [2.24, 2.45) is 7.05 Å². The average Bonchev–Trinajstić information content (AvgIpc) is 3.37. The van der Waals surface area contributed by atoms with E-state index in [4.69, 9.17) is 4.98 Å². The highest BCUT2D eigenvalue weighted by atomic mass is 32.1. The van der Waals surface area contributed by atoms with Crippen molar-refractivity contribution >= 4 is 28.3 Å². The van der Waals surface area contributed by atoms with Gasteiger partial charge in [0.1, 0.15) is 0 Å². The van der Waals surface area contributed by atoms with Gasteiger partial charge in [-0.05, 0) is 51.1 Å². The first-order chi connectivity index (χ1) is 13.0. The number of aryl methyl sites for hydroxylation is 2. The summed E-state index contributed by atoms with van der Waals surface area (Å²) in [6.45, 7) is 6.19. The molecule has 1 aliphatic rings. The fourth-order valence-corrected chi connectivity index (χ4v) is 4.99. The minimum absolute atomic E-state index is 0.109. The number of hydrogen-bond donors (Lipinski definition) is 0. The normalized spacial score (nSPS) is 15.1. The van der Waals surface area contributed by atoms with Crippen LogP contribution in [0.2, 0.25) is 0 Å². The molecule has 1 aliphatic carbocycles. The lowest BCUT2D eigenvalue weighted by atomic mass is 10.0. The average molecular weight is 383 g/mol. The largest absolute Gasteiger partial charge is 0.333 e. The van der Waals surface area contributed by atoms with Gasteiger partial charge in [-0.3, -0.25) is 9.48 Å². The van der Waals surface area contributed by atoms with Crippen molar-refractivity contribution in [1.29, 1.82) is 0 Å². The van der Waals surface area contributed by atoms with Crippen LogP contribution in [-0.2, 0) is 7.05 Å². The van der Waals surface area contributed by atoms with Crippen LogP contribution in [-0.4, -0.2) is 37.7 Å². The van der Waals surface area contributed by atoms with Crippen LogP contribution in [0, 0.1) is 6.92 Å². The van der Waals surface area contributed by atoms with Crippen LogP contribution in [0.3, 0.4) is 0 Å². The second kappa shape index (κ2) is 7.08. The maximum Gasteiger partial charge on any atom is 0.255 e. The van der Waals surface area contributed by atoms with Crippen molar-refractivity contribution in [2.75, 3.05) is 0 Å². The van der Waals surface area contributed by atoms with Gasteiger partial charge in [0.15, 0.2) is 5.65 Å². The number of carbonyl (C=O) groups is 1. The summed E-state index contributed by atoms with van der Waals surface area (Å²) >= 11 is 1.64. The number of thiophene rings is 1. The molecule has 0 aromatic carbocycles. The van der Waals surface area contributed by atoms with Gasteiger partial charge in [0.05, 0.1) is 27.2 Å². The SMILES string of the molecule is Cc1nn(C)c2nc(-c3cccs3)cc(C(=O)N(C(C)C)C3CCCC3)c12. The van der Waals surface area contributed by atoms with Gasteiger partial charge in [0, 0.05) is 19.1 Å². The summed E-state index contributed by atoms with van der Waals surface area (Å²) in [4.78, 5) is 21.7. The Balaban J connectivity index is 1.89. The van der Waals surface area contributed by atoms with E-state index in [1.165, 1.54) is 12.8 Å². The van der Waals surface area contributed by atoms with Crippen molar-refractivity contribution in [3.05, 3.63) is 34.8 Å². The van der Waals surface area contributed by atoms with Crippen LogP contribution in [0.25, 0.3) is 21.6 Å². The second-order valence-corrected chi connectivity index (χ2v) is 8.63. The molecule has 0 unspecified atom stereocenters. The summed E-state index contributed by atoms with van der Waals surface area (Å²) in [5.74, 6) is 0.109. The lowest BCUT2D eigenvalue weighted by Gasteiger charge is -2.33. The van der Waals surface area contributed by atoms with Gasteiger partial charge in [-0.2, -0.15) is 5.10 Å². The smallest absolute Gasteiger partial charge is 0.255 e. The Labute approximate surface area is 164 Å². The molecule has 142 valence electrons. The highest BCUT2D eigenvalue weighted by Gasteiger charge is 2.31. The maximum atomic E-state index is 13.7. The Hall–Kier alpha value is -2.21. The predicted molar refractivity (Wildman–Crippen MR) is 110 cm³/mol. The quantitative estimate of drug-likeness (QED) is 0.651. The maximum absolute atomic E-state index is 13.7. The molecule has 4 rings (SSSR count). The molecule has 3 aromatic rings. The highest BCUT2D eigenvalue weighted by Crippen LogP contribution is 2.32. The molecule has 3 aromatic heterocycles. The number of hydrogen-bond acceptors (Lipinski definition) is 4. The molecule has 0 radical (unpaired) electrons. The highest BCUT2D eigenvalue weighted by molar-refractivity contribution is 7.13. The van der Waals surface area contributed by atoms with E-state index in [-0.39, 0.29) is 11.9 Å². The van der Waals surface area contributed by atoms with Gasteiger partial charge in [-0.1, -0.05) is 18.9 Å². The zero-order valence-corrected chi connectivity index (χ0v) is 17.2. The zero-order chi connectivity index (χ0) is 19.1. The van der Waals surface area contributed by atoms with Crippen LogP contribution in [0.15, 0.2) is 23.6 Å².